The average molecular weight is 336 g/mol. The molecule has 0 saturated heterocycles. The molecule has 0 aromatic heterocycles. The molecule has 2 rings (SSSR count). The van der Waals surface area contributed by atoms with Crippen LogP contribution in [0.1, 0.15) is 33.6 Å². The molecule has 0 atom stereocenters. The summed E-state index contributed by atoms with van der Waals surface area (Å²) in [5, 5.41) is 0. The van der Waals surface area contributed by atoms with Gasteiger partial charge in [-0.3, -0.25) is 12.2 Å². The number of rotatable bonds is 0. The van der Waals surface area contributed by atoms with Crippen LogP contribution < -0.4 is 0 Å². The van der Waals surface area contributed by atoms with E-state index in [0.29, 0.717) is 0 Å². The van der Waals surface area contributed by atoms with Gasteiger partial charge in [0.1, 0.15) is 0 Å². The Morgan fingerprint density at radius 3 is 1.88 bits per heavy atom. The van der Waals surface area contributed by atoms with E-state index < -0.39 is 0 Å². The van der Waals surface area contributed by atoms with Gasteiger partial charge in [-0.1, -0.05) is 13.8 Å². The van der Waals surface area contributed by atoms with Crippen molar-refractivity contribution in [1.29, 1.82) is 0 Å². The molecule has 0 N–H and O–H groups in total. The molecule has 88 valence electrons. The Hall–Kier alpha value is 0.423. The number of halogens is 2. The van der Waals surface area contributed by atoms with Crippen molar-refractivity contribution >= 4 is 24.8 Å². The molecule has 0 nitrogen and oxygen atoms in total. The minimum absolute atomic E-state index is 0. The first-order chi connectivity index (χ1) is 6.22. The Bertz CT molecular complexity index is 284. The first-order valence-corrected chi connectivity index (χ1v) is 4.67. The van der Waals surface area contributed by atoms with Crippen LogP contribution in [0, 0.1) is 12.2 Å². The zero-order chi connectivity index (χ0) is 9.68. The van der Waals surface area contributed by atoms with Crippen molar-refractivity contribution in [1.82, 2.24) is 0 Å². The zero-order valence-corrected chi connectivity index (χ0v) is 14.1. The fraction of sp³-hybridized carbons (Fsp3) is 0.385. The van der Waals surface area contributed by atoms with Gasteiger partial charge in [-0.2, -0.15) is 17.2 Å². The van der Waals surface area contributed by atoms with Crippen molar-refractivity contribution in [2.75, 3.05) is 0 Å². The fourth-order valence-electron chi connectivity index (χ4n) is 1.19. The van der Waals surface area contributed by atoms with E-state index in [1.54, 1.807) is 0 Å². The Morgan fingerprint density at radius 1 is 1.12 bits per heavy atom. The summed E-state index contributed by atoms with van der Waals surface area (Å²) < 4.78 is 0. The third-order valence-corrected chi connectivity index (χ3v) is 2.41. The third-order valence-electron chi connectivity index (χ3n) is 2.41. The standard InChI is InChI=1S/C8H11.C5H5.2ClH.Zr/c1-6-4-5-7(2)8(6)3;1-2-4-5-3-1;;;/h4H2,1-3H3;1-3H,4H2;2*1H;/q2*-1;;;+2. The molecule has 0 aliphatic heterocycles. The van der Waals surface area contributed by atoms with Crippen molar-refractivity contribution in [2.24, 2.45) is 0 Å². The van der Waals surface area contributed by atoms with E-state index in [4.69, 9.17) is 0 Å². The van der Waals surface area contributed by atoms with Crippen molar-refractivity contribution in [3.05, 3.63) is 47.1 Å². The molecule has 0 heterocycles. The molecule has 0 bridgehead atoms. The molecule has 0 fully saturated rings. The monoisotopic (exact) mass is 334 g/mol. The zero-order valence-electron chi connectivity index (χ0n) is 9.96. The van der Waals surface area contributed by atoms with Gasteiger partial charge >= 0.3 is 26.2 Å². The van der Waals surface area contributed by atoms with Gasteiger partial charge in [-0.15, -0.1) is 44.6 Å². The van der Waals surface area contributed by atoms with Crippen LogP contribution in [0.25, 0.3) is 0 Å². The molecular weight excluding hydrogens is 318 g/mol. The van der Waals surface area contributed by atoms with Crippen molar-refractivity contribution < 1.29 is 26.2 Å². The molecule has 3 heteroatoms. The van der Waals surface area contributed by atoms with Crippen LogP contribution in [-0.4, -0.2) is 0 Å². The van der Waals surface area contributed by atoms with E-state index in [0.717, 1.165) is 12.8 Å². The van der Waals surface area contributed by atoms with Crippen LogP contribution in [-0.2, 0) is 26.2 Å². The van der Waals surface area contributed by atoms with Crippen LogP contribution in [0.5, 0.6) is 0 Å². The third kappa shape index (κ3) is 7.66. The molecular formula is C13H18Cl2Zr. The Labute approximate surface area is 131 Å². The summed E-state index contributed by atoms with van der Waals surface area (Å²) in [7, 11) is 0. The second kappa shape index (κ2) is 11.9. The van der Waals surface area contributed by atoms with Gasteiger partial charge in [0.2, 0.25) is 0 Å². The van der Waals surface area contributed by atoms with E-state index >= 15 is 0 Å². The van der Waals surface area contributed by atoms with E-state index in [2.05, 4.69) is 39.0 Å². The molecule has 0 spiro atoms. The smallest absolute Gasteiger partial charge is 0.273 e. The number of hydrogen-bond donors (Lipinski definition) is 0. The van der Waals surface area contributed by atoms with Crippen molar-refractivity contribution in [3.63, 3.8) is 0 Å². The Kier molecular flexibility index (Phi) is 16.1. The van der Waals surface area contributed by atoms with Gasteiger partial charge in [0.05, 0.1) is 0 Å². The Morgan fingerprint density at radius 2 is 1.75 bits per heavy atom. The average Bonchev–Trinajstić information content (AvgIpc) is 2.75. The quantitative estimate of drug-likeness (QED) is 0.566. The molecule has 2 aliphatic rings. The van der Waals surface area contributed by atoms with Crippen molar-refractivity contribution in [3.8, 4) is 0 Å². The summed E-state index contributed by atoms with van der Waals surface area (Å²) in [6, 6.07) is 0. The van der Waals surface area contributed by atoms with E-state index in [9.17, 15) is 0 Å². The van der Waals surface area contributed by atoms with Crippen LogP contribution in [0.15, 0.2) is 34.9 Å². The molecule has 0 aromatic carbocycles. The Balaban J connectivity index is -0.000000189. The molecule has 0 radical (unpaired) electrons. The second-order valence-corrected chi connectivity index (χ2v) is 3.39. The molecule has 2 aliphatic carbocycles. The fourth-order valence-corrected chi connectivity index (χ4v) is 1.19. The first kappa shape index (κ1) is 21.7. The summed E-state index contributed by atoms with van der Waals surface area (Å²) in [5.74, 6) is 0. The summed E-state index contributed by atoms with van der Waals surface area (Å²) >= 11 is 0. The van der Waals surface area contributed by atoms with Gasteiger partial charge in [-0.25, -0.2) is 17.7 Å². The molecule has 0 saturated carbocycles. The van der Waals surface area contributed by atoms with Crippen LogP contribution >= 0.6 is 24.8 Å². The number of allylic oxidation sites excluding steroid dienone is 8. The maximum absolute atomic E-state index is 3.26. The van der Waals surface area contributed by atoms with Gasteiger partial charge in [0, 0.05) is 0 Å². The molecule has 0 unspecified atom stereocenters. The summed E-state index contributed by atoms with van der Waals surface area (Å²) in [6.45, 7) is 6.44. The largest absolute Gasteiger partial charge is 2.00 e. The van der Waals surface area contributed by atoms with Gasteiger partial charge in [-0.05, 0) is 0 Å². The van der Waals surface area contributed by atoms with Gasteiger partial charge in [0.15, 0.2) is 0 Å². The molecule has 0 aromatic rings. The summed E-state index contributed by atoms with van der Waals surface area (Å²) in [4.78, 5) is 0. The summed E-state index contributed by atoms with van der Waals surface area (Å²) in [6.07, 6.45) is 14.3. The number of hydrogen-bond acceptors (Lipinski definition) is 0. The molecule has 0 amide bonds. The van der Waals surface area contributed by atoms with Gasteiger partial charge in [0.25, 0.3) is 0 Å². The predicted octanol–water partition coefficient (Wildman–Crippen LogP) is 4.62. The normalized spacial score (nSPS) is 15.3. The van der Waals surface area contributed by atoms with E-state index in [-0.39, 0.29) is 51.0 Å². The van der Waals surface area contributed by atoms with Gasteiger partial charge < -0.3 is 0 Å². The maximum Gasteiger partial charge on any atom is 2.00 e. The minimum Gasteiger partial charge on any atom is -0.273 e. The van der Waals surface area contributed by atoms with Crippen LogP contribution in [0.2, 0.25) is 0 Å². The van der Waals surface area contributed by atoms with Crippen LogP contribution in [0.4, 0.5) is 0 Å². The van der Waals surface area contributed by atoms with E-state index in [1.807, 2.05) is 12.2 Å². The SMILES string of the molecule is CC1=[C-]CC(C)=C1C.Cl.Cl.[C-]1=CC=CC1.[Zr+2]. The second-order valence-electron chi connectivity index (χ2n) is 3.39. The minimum atomic E-state index is 0. The van der Waals surface area contributed by atoms with Crippen molar-refractivity contribution in [2.45, 2.75) is 33.6 Å². The predicted molar refractivity (Wildman–Crippen MR) is 71.5 cm³/mol. The first-order valence-electron chi connectivity index (χ1n) is 4.67. The molecule has 16 heavy (non-hydrogen) atoms. The maximum atomic E-state index is 3.26. The summed E-state index contributed by atoms with van der Waals surface area (Å²) in [5.41, 5.74) is 4.25. The topological polar surface area (TPSA) is 0 Å². The van der Waals surface area contributed by atoms with Crippen LogP contribution in [0.3, 0.4) is 0 Å². The van der Waals surface area contributed by atoms with E-state index in [1.165, 1.54) is 16.7 Å².